The molecule has 0 aromatic rings. The van der Waals surface area contributed by atoms with E-state index in [0.717, 1.165) is 23.8 Å². The Morgan fingerprint density at radius 1 is 1.42 bits per heavy atom. The van der Waals surface area contributed by atoms with E-state index in [0.29, 0.717) is 6.04 Å². The van der Waals surface area contributed by atoms with Gasteiger partial charge in [-0.05, 0) is 12.8 Å². The third-order valence-electron chi connectivity index (χ3n) is 2.07. The highest BCUT2D eigenvalue weighted by Crippen LogP contribution is 2.17. The zero-order valence-electron chi connectivity index (χ0n) is 7.11. The molecule has 0 radical (unpaired) electrons. The van der Waals surface area contributed by atoms with Crippen molar-refractivity contribution in [3.63, 3.8) is 0 Å². The predicted octanol–water partition coefficient (Wildman–Crippen LogP) is 1.66. The molecule has 2 N–H and O–H groups in total. The van der Waals surface area contributed by atoms with Gasteiger partial charge in [-0.2, -0.15) is 0 Å². The van der Waals surface area contributed by atoms with Crippen LogP contribution in [0.1, 0.15) is 25.7 Å². The summed E-state index contributed by atoms with van der Waals surface area (Å²) in [5.74, 6) is 0. The molecule has 3 nitrogen and oxygen atoms in total. The Morgan fingerprint density at radius 3 is 2.67 bits per heavy atom. The van der Waals surface area contributed by atoms with E-state index >= 15 is 0 Å². The summed E-state index contributed by atoms with van der Waals surface area (Å²) in [4.78, 5) is 11.1. The smallest absolute Gasteiger partial charge is 0.315 e. The fourth-order valence-corrected chi connectivity index (χ4v) is 1.74. The Morgan fingerprint density at radius 2 is 2.08 bits per heavy atom. The first-order chi connectivity index (χ1) is 5.83. The van der Waals surface area contributed by atoms with Gasteiger partial charge in [-0.25, -0.2) is 4.79 Å². The third-order valence-corrected chi connectivity index (χ3v) is 2.61. The largest absolute Gasteiger partial charge is 0.337 e. The van der Waals surface area contributed by atoms with Crippen LogP contribution >= 0.6 is 22.6 Å². The van der Waals surface area contributed by atoms with Crippen molar-refractivity contribution in [2.45, 2.75) is 31.7 Å². The van der Waals surface area contributed by atoms with Gasteiger partial charge in [-0.1, -0.05) is 35.4 Å². The van der Waals surface area contributed by atoms with Gasteiger partial charge in [0.25, 0.3) is 0 Å². The van der Waals surface area contributed by atoms with Gasteiger partial charge in [-0.15, -0.1) is 0 Å². The summed E-state index contributed by atoms with van der Waals surface area (Å²) in [6.45, 7) is 0.763. The molecule has 70 valence electrons. The lowest BCUT2D eigenvalue weighted by Crippen LogP contribution is -2.41. The number of carbonyl (C=O) groups excluding carboxylic acids is 1. The van der Waals surface area contributed by atoms with Crippen molar-refractivity contribution in [3.8, 4) is 0 Å². The second kappa shape index (κ2) is 5.61. The molecule has 0 bridgehead atoms. The maximum Gasteiger partial charge on any atom is 0.315 e. The van der Waals surface area contributed by atoms with Crippen molar-refractivity contribution in [1.82, 2.24) is 10.6 Å². The molecule has 0 aliphatic heterocycles. The topological polar surface area (TPSA) is 41.1 Å². The second-order valence-corrected chi connectivity index (χ2v) is 4.15. The molecule has 0 atom stereocenters. The van der Waals surface area contributed by atoms with E-state index in [-0.39, 0.29) is 6.03 Å². The van der Waals surface area contributed by atoms with Crippen molar-refractivity contribution < 1.29 is 4.79 Å². The van der Waals surface area contributed by atoms with Crippen molar-refractivity contribution in [2.75, 3.05) is 11.0 Å². The summed E-state index contributed by atoms with van der Waals surface area (Å²) in [5, 5.41) is 5.76. The Kier molecular flexibility index (Phi) is 4.72. The van der Waals surface area contributed by atoms with Gasteiger partial charge in [0.1, 0.15) is 0 Å². The minimum absolute atomic E-state index is 0.00133. The van der Waals surface area contributed by atoms with E-state index in [4.69, 9.17) is 0 Å². The number of hydrogen-bond acceptors (Lipinski definition) is 1. The first kappa shape index (κ1) is 10.1. The average Bonchev–Trinajstić information content (AvgIpc) is 2.53. The normalized spacial score (nSPS) is 17.8. The molecule has 2 amide bonds. The van der Waals surface area contributed by atoms with Crippen molar-refractivity contribution in [1.29, 1.82) is 0 Å². The van der Waals surface area contributed by atoms with E-state index in [1.165, 1.54) is 12.8 Å². The lowest BCUT2D eigenvalue weighted by atomic mass is 10.3. The highest BCUT2D eigenvalue weighted by molar-refractivity contribution is 14.1. The van der Waals surface area contributed by atoms with Crippen LogP contribution in [0.2, 0.25) is 0 Å². The SMILES string of the molecule is O=C(NCCI)NC1CCCC1. The molecule has 1 saturated carbocycles. The van der Waals surface area contributed by atoms with Gasteiger partial charge in [0, 0.05) is 17.0 Å². The Balaban J connectivity index is 2.08. The van der Waals surface area contributed by atoms with Crippen LogP contribution in [0.3, 0.4) is 0 Å². The van der Waals surface area contributed by atoms with Crippen LogP contribution in [0.25, 0.3) is 0 Å². The van der Waals surface area contributed by atoms with Crippen LogP contribution in [0.4, 0.5) is 4.79 Å². The maximum absolute atomic E-state index is 11.1. The third kappa shape index (κ3) is 3.60. The Bertz CT molecular complexity index is 146. The number of hydrogen-bond donors (Lipinski definition) is 2. The average molecular weight is 282 g/mol. The molecule has 0 heterocycles. The van der Waals surface area contributed by atoms with E-state index in [1.54, 1.807) is 0 Å². The fourth-order valence-electron chi connectivity index (χ4n) is 1.47. The monoisotopic (exact) mass is 282 g/mol. The lowest BCUT2D eigenvalue weighted by Gasteiger charge is -2.11. The summed E-state index contributed by atoms with van der Waals surface area (Å²) in [6, 6.07) is 0.428. The van der Waals surface area contributed by atoms with Crippen LogP contribution < -0.4 is 10.6 Å². The number of urea groups is 1. The zero-order chi connectivity index (χ0) is 8.81. The first-order valence-electron chi connectivity index (χ1n) is 4.43. The first-order valence-corrected chi connectivity index (χ1v) is 5.96. The summed E-state index contributed by atoms with van der Waals surface area (Å²) in [5.41, 5.74) is 0. The molecule has 0 aromatic heterocycles. The van der Waals surface area contributed by atoms with Crippen LogP contribution in [-0.2, 0) is 0 Å². The molecule has 1 aliphatic rings. The molecular weight excluding hydrogens is 267 g/mol. The predicted molar refractivity (Wildman–Crippen MR) is 57.7 cm³/mol. The standard InChI is InChI=1S/C8H15IN2O/c9-5-6-10-8(12)11-7-3-1-2-4-7/h7H,1-6H2,(H2,10,11,12). The van der Waals surface area contributed by atoms with E-state index < -0.39 is 0 Å². The van der Waals surface area contributed by atoms with Crippen molar-refractivity contribution in [3.05, 3.63) is 0 Å². The van der Waals surface area contributed by atoms with Gasteiger partial charge in [-0.3, -0.25) is 0 Å². The number of nitrogens with one attached hydrogen (secondary N) is 2. The second-order valence-electron chi connectivity index (χ2n) is 3.07. The summed E-state index contributed by atoms with van der Waals surface area (Å²) in [6.07, 6.45) is 4.82. The summed E-state index contributed by atoms with van der Waals surface area (Å²) < 4.78 is 0.968. The summed E-state index contributed by atoms with van der Waals surface area (Å²) >= 11 is 2.24. The van der Waals surface area contributed by atoms with Gasteiger partial charge in [0.2, 0.25) is 0 Å². The Hall–Kier alpha value is -0.0000000000000000555. The number of rotatable bonds is 3. The molecule has 0 spiro atoms. The molecule has 1 rings (SSSR count). The van der Waals surface area contributed by atoms with Gasteiger partial charge < -0.3 is 10.6 Å². The van der Waals surface area contributed by atoms with E-state index in [1.807, 2.05) is 0 Å². The van der Waals surface area contributed by atoms with Gasteiger partial charge in [0.05, 0.1) is 0 Å². The number of carbonyl (C=O) groups is 1. The minimum Gasteiger partial charge on any atom is -0.337 e. The highest BCUT2D eigenvalue weighted by atomic mass is 127. The molecule has 1 fully saturated rings. The quantitative estimate of drug-likeness (QED) is 0.600. The van der Waals surface area contributed by atoms with Crippen LogP contribution in [-0.4, -0.2) is 23.0 Å². The lowest BCUT2D eigenvalue weighted by molar-refractivity contribution is 0.238. The van der Waals surface area contributed by atoms with Crippen LogP contribution in [0.5, 0.6) is 0 Å². The van der Waals surface area contributed by atoms with E-state index in [9.17, 15) is 4.79 Å². The fraction of sp³-hybridized carbons (Fsp3) is 0.875. The highest BCUT2D eigenvalue weighted by Gasteiger charge is 2.16. The van der Waals surface area contributed by atoms with Crippen LogP contribution in [0, 0.1) is 0 Å². The van der Waals surface area contributed by atoms with Crippen molar-refractivity contribution in [2.24, 2.45) is 0 Å². The molecule has 0 aromatic carbocycles. The van der Waals surface area contributed by atoms with Gasteiger partial charge >= 0.3 is 6.03 Å². The van der Waals surface area contributed by atoms with E-state index in [2.05, 4.69) is 33.2 Å². The van der Waals surface area contributed by atoms with Crippen molar-refractivity contribution >= 4 is 28.6 Å². The van der Waals surface area contributed by atoms with Crippen LogP contribution in [0.15, 0.2) is 0 Å². The van der Waals surface area contributed by atoms with Gasteiger partial charge in [0.15, 0.2) is 0 Å². The minimum atomic E-state index is -0.00133. The number of amides is 2. The molecule has 0 saturated heterocycles. The number of alkyl halides is 1. The molecule has 0 unspecified atom stereocenters. The maximum atomic E-state index is 11.1. The summed E-state index contributed by atoms with van der Waals surface area (Å²) in [7, 11) is 0. The molecular formula is C8H15IN2O. The molecule has 1 aliphatic carbocycles. The molecule has 4 heteroatoms. The molecule has 12 heavy (non-hydrogen) atoms. The zero-order valence-corrected chi connectivity index (χ0v) is 9.26. The number of halogens is 1. The Labute approximate surface area is 86.8 Å².